The van der Waals surface area contributed by atoms with Crippen LogP contribution in [0.1, 0.15) is 12.8 Å². The number of epoxide rings is 1. The zero-order valence-corrected chi connectivity index (χ0v) is 11.9. The second kappa shape index (κ2) is 4.17. The van der Waals surface area contributed by atoms with Crippen LogP contribution in [0.5, 0.6) is 0 Å². The molecule has 1 aliphatic carbocycles. The van der Waals surface area contributed by atoms with E-state index in [0.717, 1.165) is 16.5 Å². The van der Waals surface area contributed by atoms with E-state index in [4.69, 9.17) is 4.74 Å². The molecular formula is C18H15NO3. The predicted octanol–water partition coefficient (Wildman–Crippen LogP) is 2.51. The summed E-state index contributed by atoms with van der Waals surface area (Å²) in [6.07, 6.45) is 1.79. The molecule has 2 aromatic rings. The number of imide groups is 1. The minimum absolute atomic E-state index is 0.0553. The van der Waals surface area contributed by atoms with E-state index in [1.807, 2.05) is 42.5 Å². The summed E-state index contributed by atoms with van der Waals surface area (Å²) in [5.74, 6) is -0.508. The molecule has 5 rings (SSSR count). The highest BCUT2D eigenvalue weighted by Crippen LogP contribution is 2.48. The van der Waals surface area contributed by atoms with Crippen LogP contribution in [0.15, 0.2) is 42.5 Å². The Balaban J connectivity index is 1.62. The second-order valence-corrected chi connectivity index (χ2v) is 6.41. The molecule has 1 saturated carbocycles. The van der Waals surface area contributed by atoms with Crippen molar-refractivity contribution in [2.75, 3.05) is 4.90 Å². The van der Waals surface area contributed by atoms with E-state index in [1.165, 1.54) is 4.90 Å². The van der Waals surface area contributed by atoms with Crippen LogP contribution in [0.25, 0.3) is 10.8 Å². The average molecular weight is 293 g/mol. The van der Waals surface area contributed by atoms with Gasteiger partial charge in [0, 0.05) is 5.39 Å². The molecule has 0 spiro atoms. The molecule has 0 radical (unpaired) electrons. The molecule has 110 valence electrons. The normalized spacial score (nSPS) is 33.0. The summed E-state index contributed by atoms with van der Waals surface area (Å²) in [6, 6.07) is 13.6. The zero-order chi connectivity index (χ0) is 14.8. The molecule has 3 fully saturated rings. The number of rotatable bonds is 1. The van der Waals surface area contributed by atoms with Gasteiger partial charge < -0.3 is 4.74 Å². The summed E-state index contributed by atoms with van der Waals surface area (Å²) in [5, 5.41) is 1.99. The van der Waals surface area contributed by atoms with Gasteiger partial charge in [-0.3, -0.25) is 9.59 Å². The number of amides is 2. The molecule has 4 heteroatoms. The van der Waals surface area contributed by atoms with Crippen molar-refractivity contribution < 1.29 is 14.3 Å². The molecule has 0 N–H and O–H groups in total. The van der Waals surface area contributed by atoms with Gasteiger partial charge in [0.25, 0.3) is 0 Å². The van der Waals surface area contributed by atoms with Gasteiger partial charge in [0.1, 0.15) is 0 Å². The smallest absolute Gasteiger partial charge is 0.237 e. The van der Waals surface area contributed by atoms with E-state index in [9.17, 15) is 9.59 Å². The lowest BCUT2D eigenvalue weighted by Crippen LogP contribution is -2.31. The molecule has 22 heavy (non-hydrogen) atoms. The van der Waals surface area contributed by atoms with Gasteiger partial charge in [-0.2, -0.15) is 0 Å². The summed E-state index contributed by atoms with van der Waals surface area (Å²) in [5.41, 5.74) is 0.720. The van der Waals surface area contributed by atoms with Crippen molar-refractivity contribution in [3.63, 3.8) is 0 Å². The summed E-state index contributed by atoms with van der Waals surface area (Å²) < 4.78 is 5.50. The third kappa shape index (κ3) is 1.56. The van der Waals surface area contributed by atoms with Crippen LogP contribution in [0.2, 0.25) is 0 Å². The van der Waals surface area contributed by atoms with Crippen molar-refractivity contribution in [1.29, 1.82) is 0 Å². The highest BCUT2D eigenvalue weighted by molar-refractivity contribution is 6.25. The molecule has 2 heterocycles. The van der Waals surface area contributed by atoms with Crippen molar-refractivity contribution in [1.82, 2.24) is 0 Å². The molecule has 2 amide bonds. The lowest BCUT2D eigenvalue weighted by Gasteiger charge is -2.17. The Hall–Kier alpha value is -2.20. The van der Waals surface area contributed by atoms with E-state index in [1.54, 1.807) is 0 Å². The molecule has 4 unspecified atom stereocenters. The number of fused-ring (bicyclic) bond motifs is 3. The van der Waals surface area contributed by atoms with E-state index in [0.29, 0.717) is 12.8 Å². The molecule has 2 aromatic carbocycles. The highest BCUT2D eigenvalue weighted by atomic mass is 16.6. The van der Waals surface area contributed by atoms with Crippen LogP contribution in [0.3, 0.4) is 0 Å². The number of hydrogen-bond acceptors (Lipinski definition) is 3. The first-order valence-electron chi connectivity index (χ1n) is 7.75. The topological polar surface area (TPSA) is 49.9 Å². The number of anilines is 1. The van der Waals surface area contributed by atoms with Gasteiger partial charge in [-0.15, -0.1) is 0 Å². The van der Waals surface area contributed by atoms with Crippen molar-refractivity contribution in [2.45, 2.75) is 25.0 Å². The Morgan fingerprint density at radius 2 is 1.50 bits per heavy atom. The average Bonchev–Trinajstić information content (AvgIpc) is 3.27. The van der Waals surface area contributed by atoms with Crippen molar-refractivity contribution >= 4 is 28.3 Å². The number of carbonyl (C=O) groups is 2. The van der Waals surface area contributed by atoms with Crippen molar-refractivity contribution in [3.05, 3.63) is 42.5 Å². The monoisotopic (exact) mass is 293 g/mol. The third-order valence-electron chi connectivity index (χ3n) is 5.23. The maximum absolute atomic E-state index is 12.8. The van der Waals surface area contributed by atoms with Crippen LogP contribution >= 0.6 is 0 Å². The molecule has 4 nitrogen and oxygen atoms in total. The molecule has 3 aliphatic rings. The molecule has 0 aromatic heterocycles. The van der Waals surface area contributed by atoms with Crippen LogP contribution in [0, 0.1) is 11.8 Å². The van der Waals surface area contributed by atoms with Gasteiger partial charge in [-0.05, 0) is 24.3 Å². The van der Waals surface area contributed by atoms with Crippen molar-refractivity contribution in [3.8, 4) is 0 Å². The predicted molar refractivity (Wildman–Crippen MR) is 81.3 cm³/mol. The Bertz CT molecular complexity index is 782. The maximum Gasteiger partial charge on any atom is 0.237 e. The molecule has 2 aliphatic heterocycles. The van der Waals surface area contributed by atoms with E-state index < -0.39 is 0 Å². The lowest BCUT2D eigenvalue weighted by atomic mass is 9.81. The number of benzene rings is 2. The van der Waals surface area contributed by atoms with E-state index >= 15 is 0 Å². The minimum Gasteiger partial charge on any atom is -0.370 e. The fraction of sp³-hybridized carbons (Fsp3) is 0.333. The Kier molecular flexibility index (Phi) is 2.34. The summed E-state index contributed by atoms with van der Waals surface area (Å²) in [6.45, 7) is 0. The Labute approximate surface area is 127 Å². The fourth-order valence-electron chi connectivity index (χ4n) is 4.05. The maximum atomic E-state index is 12.8. The summed E-state index contributed by atoms with van der Waals surface area (Å²) >= 11 is 0. The number of hydrogen-bond donors (Lipinski definition) is 0. The Morgan fingerprint density at radius 1 is 0.864 bits per heavy atom. The quantitative estimate of drug-likeness (QED) is 0.599. The SMILES string of the molecule is O=C1C2CC3OC3CC2C(=O)N1c1cccc2ccccc12. The first-order chi connectivity index (χ1) is 10.7. The van der Waals surface area contributed by atoms with Gasteiger partial charge in [-0.1, -0.05) is 36.4 Å². The van der Waals surface area contributed by atoms with Gasteiger partial charge in [0.2, 0.25) is 11.8 Å². The van der Waals surface area contributed by atoms with Gasteiger partial charge in [0.15, 0.2) is 0 Å². The minimum atomic E-state index is -0.199. The Morgan fingerprint density at radius 3 is 2.23 bits per heavy atom. The molecule has 0 bridgehead atoms. The fourth-order valence-corrected chi connectivity index (χ4v) is 4.05. The number of carbonyl (C=O) groups excluding carboxylic acids is 2. The van der Waals surface area contributed by atoms with Gasteiger partial charge >= 0.3 is 0 Å². The number of ether oxygens (including phenoxy) is 1. The number of nitrogens with zero attached hydrogens (tertiary/aromatic N) is 1. The van der Waals surface area contributed by atoms with Crippen LogP contribution in [-0.4, -0.2) is 24.0 Å². The first-order valence-corrected chi connectivity index (χ1v) is 7.75. The summed E-state index contributed by atoms with van der Waals surface area (Å²) in [4.78, 5) is 27.0. The third-order valence-corrected chi connectivity index (χ3v) is 5.23. The molecule has 2 saturated heterocycles. The first kappa shape index (κ1) is 12.4. The standard InChI is InChI=1S/C18H15NO3/c20-17-12-8-15-16(22-15)9-13(12)18(21)19(17)14-7-3-5-10-4-1-2-6-11(10)14/h1-7,12-13,15-16H,8-9H2. The second-order valence-electron chi connectivity index (χ2n) is 6.41. The largest absolute Gasteiger partial charge is 0.370 e. The van der Waals surface area contributed by atoms with Gasteiger partial charge in [0.05, 0.1) is 29.7 Å². The van der Waals surface area contributed by atoms with Crippen LogP contribution < -0.4 is 4.90 Å². The van der Waals surface area contributed by atoms with Crippen LogP contribution in [0.4, 0.5) is 5.69 Å². The zero-order valence-electron chi connectivity index (χ0n) is 11.9. The van der Waals surface area contributed by atoms with Crippen LogP contribution in [-0.2, 0) is 14.3 Å². The molecule has 4 atom stereocenters. The lowest BCUT2D eigenvalue weighted by molar-refractivity contribution is -0.122. The van der Waals surface area contributed by atoms with Gasteiger partial charge in [-0.25, -0.2) is 4.90 Å². The summed E-state index contributed by atoms with van der Waals surface area (Å²) in [7, 11) is 0. The van der Waals surface area contributed by atoms with E-state index in [2.05, 4.69) is 0 Å². The molecular weight excluding hydrogens is 278 g/mol. The highest BCUT2D eigenvalue weighted by Gasteiger charge is 2.58. The van der Waals surface area contributed by atoms with E-state index in [-0.39, 0.29) is 35.9 Å². The van der Waals surface area contributed by atoms with Crippen molar-refractivity contribution in [2.24, 2.45) is 11.8 Å².